The number of benzene rings is 15. The molecule has 15 aromatic carbocycles. The van der Waals surface area contributed by atoms with E-state index in [1.54, 1.807) is 0 Å². The van der Waals surface area contributed by atoms with Crippen molar-refractivity contribution in [1.82, 2.24) is 18.3 Å². The molecule has 21 rings (SSSR count). The lowest BCUT2D eigenvalue weighted by Gasteiger charge is -2.34. The van der Waals surface area contributed by atoms with Gasteiger partial charge < -0.3 is 18.3 Å². The molecule has 0 N–H and O–H groups in total. The Hall–Kier alpha value is -13.5. The molecular weight excluding hydrogens is 1210 g/mol. The van der Waals surface area contributed by atoms with Gasteiger partial charge in [0.15, 0.2) is 0 Å². The lowest BCUT2D eigenvalue weighted by molar-refractivity contribution is 0.769. The van der Waals surface area contributed by atoms with E-state index in [-0.39, 0.29) is 11.1 Å². The molecule has 0 fully saturated rings. The fourth-order valence-corrected chi connectivity index (χ4v) is 18.4. The van der Waals surface area contributed by atoms with E-state index >= 15 is 0 Å². The number of aromatic nitrogens is 4. The molecule has 6 nitrogen and oxygen atoms in total. The summed E-state index contributed by atoms with van der Waals surface area (Å²) in [5.74, 6) is 0. The first-order chi connectivity index (χ1) is 49.6. The maximum absolute atomic E-state index is 13.1. The molecule has 0 amide bonds. The van der Waals surface area contributed by atoms with Crippen LogP contribution < -0.4 is 0 Å². The minimum absolute atomic E-state index is 0.241. The summed E-state index contributed by atoms with van der Waals surface area (Å²) in [6.07, 6.45) is 0. The summed E-state index contributed by atoms with van der Waals surface area (Å²) in [4.78, 5) is 0. The van der Waals surface area contributed by atoms with Crippen molar-refractivity contribution in [2.45, 2.75) is 10.8 Å². The zero-order valence-corrected chi connectivity index (χ0v) is 54.0. The zero-order valence-electron chi connectivity index (χ0n) is 54.0. The van der Waals surface area contributed by atoms with Crippen molar-refractivity contribution in [3.63, 3.8) is 0 Å². The van der Waals surface area contributed by atoms with Crippen LogP contribution in [-0.4, -0.2) is 18.3 Å². The number of hydrogen-bond acceptors (Lipinski definition) is 2. The summed E-state index contributed by atoms with van der Waals surface area (Å²) in [5.41, 5.74) is 22.9. The summed E-state index contributed by atoms with van der Waals surface area (Å²) in [6.45, 7) is 0. The number of fused-ring (bicyclic) bond motifs is 18. The van der Waals surface area contributed by atoms with E-state index in [4.69, 9.17) is 0 Å². The minimum atomic E-state index is -0.760. The van der Waals surface area contributed by atoms with Gasteiger partial charge in [-0.2, -0.15) is 10.5 Å². The molecule has 0 bridgehead atoms. The highest BCUT2D eigenvalue weighted by Gasteiger charge is 2.49. The molecule has 4 aromatic heterocycles. The quantitative estimate of drug-likeness (QED) is 0.152. The predicted molar refractivity (Wildman–Crippen MR) is 408 cm³/mol. The maximum atomic E-state index is 13.1. The number of hydrogen-bond donors (Lipinski definition) is 0. The second kappa shape index (κ2) is 21.0. The third-order valence-electron chi connectivity index (χ3n) is 22.2. The van der Waals surface area contributed by atoms with E-state index in [1.807, 2.05) is 0 Å². The van der Waals surface area contributed by atoms with Crippen LogP contribution in [0.5, 0.6) is 0 Å². The van der Waals surface area contributed by atoms with E-state index < -0.39 is 10.8 Å². The lowest BCUT2D eigenvalue weighted by Crippen LogP contribution is -2.28. The van der Waals surface area contributed by atoms with E-state index in [0.717, 1.165) is 143 Å². The Morgan fingerprint density at radius 1 is 0.200 bits per heavy atom. The van der Waals surface area contributed by atoms with Crippen molar-refractivity contribution >= 4 is 87.2 Å². The maximum Gasteiger partial charge on any atom is 0.103 e. The highest BCUT2D eigenvalue weighted by molar-refractivity contribution is 6.18. The van der Waals surface area contributed by atoms with Crippen LogP contribution in [0.2, 0.25) is 0 Å². The first-order valence-corrected chi connectivity index (χ1v) is 34.2. The third-order valence-corrected chi connectivity index (χ3v) is 22.2. The molecule has 0 atom stereocenters. The molecule has 0 saturated carbocycles. The van der Waals surface area contributed by atoms with Crippen LogP contribution in [0.15, 0.2) is 340 Å². The molecule has 100 heavy (non-hydrogen) atoms. The van der Waals surface area contributed by atoms with Crippen LogP contribution in [0.4, 0.5) is 0 Å². The number of para-hydroxylation sites is 6. The summed E-state index contributed by atoms with van der Waals surface area (Å²) >= 11 is 0. The molecule has 0 unspecified atom stereocenters. The van der Waals surface area contributed by atoms with E-state index in [1.165, 1.54) is 22.3 Å². The van der Waals surface area contributed by atoms with Gasteiger partial charge in [-0.05, 0) is 127 Å². The van der Waals surface area contributed by atoms with Gasteiger partial charge >= 0.3 is 0 Å². The first kappa shape index (κ1) is 55.7. The highest BCUT2D eigenvalue weighted by Crippen LogP contribution is 2.61. The number of nitriles is 2. The Labute approximate surface area is 575 Å². The van der Waals surface area contributed by atoms with Gasteiger partial charge in [0.25, 0.3) is 0 Å². The van der Waals surface area contributed by atoms with Crippen molar-refractivity contribution in [3.8, 4) is 57.1 Å². The van der Waals surface area contributed by atoms with Crippen molar-refractivity contribution in [3.05, 3.63) is 395 Å². The molecule has 0 aliphatic heterocycles. The van der Waals surface area contributed by atoms with Crippen LogP contribution >= 0.6 is 0 Å². The zero-order chi connectivity index (χ0) is 66.0. The minimum Gasteiger partial charge on any atom is -0.306 e. The fourth-order valence-electron chi connectivity index (χ4n) is 18.4. The Morgan fingerprint density at radius 3 is 0.730 bits per heavy atom. The number of nitrogens with zero attached hydrogens (tertiary/aromatic N) is 6. The average molecular weight is 1270 g/mol. The van der Waals surface area contributed by atoms with Gasteiger partial charge in [-0.25, -0.2) is 0 Å². The van der Waals surface area contributed by atoms with Crippen LogP contribution in [0, 0.1) is 22.7 Å². The molecule has 19 aromatic rings. The smallest absolute Gasteiger partial charge is 0.103 e. The van der Waals surface area contributed by atoms with Crippen LogP contribution in [-0.2, 0) is 10.8 Å². The second-order valence-corrected chi connectivity index (χ2v) is 26.7. The van der Waals surface area contributed by atoms with E-state index in [9.17, 15) is 10.5 Å². The second-order valence-electron chi connectivity index (χ2n) is 26.7. The topological polar surface area (TPSA) is 67.3 Å². The van der Waals surface area contributed by atoms with Crippen LogP contribution in [0.25, 0.3) is 132 Å². The number of rotatable bonds is 8. The Kier molecular flexibility index (Phi) is 11.7. The summed E-state index contributed by atoms with van der Waals surface area (Å²) in [5, 5.41) is 34.5. The molecule has 6 heteroatoms. The molecule has 0 saturated heterocycles. The first-order valence-electron chi connectivity index (χ1n) is 34.2. The van der Waals surface area contributed by atoms with Gasteiger partial charge in [0, 0.05) is 43.1 Å². The molecular formula is C94H56N6. The molecule has 0 spiro atoms. The predicted octanol–water partition coefficient (Wildman–Crippen LogP) is 22.5. The van der Waals surface area contributed by atoms with Gasteiger partial charge in [-0.1, -0.05) is 279 Å². The fraction of sp³-hybridized carbons (Fsp3) is 0.0213. The van der Waals surface area contributed by atoms with Gasteiger partial charge in [0.1, 0.15) is 12.1 Å². The molecule has 2 aliphatic rings. The summed E-state index contributed by atoms with van der Waals surface area (Å²) < 4.78 is 9.56. The van der Waals surface area contributed by atoms with Gasteiger partial charge in [0.2, 0.25) is 0 Å². The Balaban J connectivity index is 1.01. The standard InChI is InChI=1S/C94H56N6/c95-57-75-76(58-96)90(100-86-52-28-20-44-70(86)74-54-72-64-38-14-22-46-78(64)94(80(72)56-88(74)100,61-33-9-3-10-34-61)62-35-11-4-12-36-62)92(98-83-49-25-17-41-67(83)68-42-18-26-50-84(68)98)91(97-81-47-23-15-39-65(81)66-40-16-24-48-82(66)97)89(75)99-85-51-27-19-43-69(85)73-53-71-63-37-13-21-45-77(63)93(79(71)55-87(73)99,59-29-5-1-6-30-59)60-31-7-2-8-32-60/h1-56H. The average Bonchev–Trinajstić information content (AvgIpc) is 1.51. The van der Waals surface area contributed by atoms with Gasteiger partial charge in [0.05, 0.1) is 88.8 Å². The Morgan fingerprint density at radius 2 is 0.440 bits per heavy atom. The van der Waals surface area contributed by atoms with Crippen molar-refractivity contribution in [1.29, 1.82) is 10.5 Å². The van der Waals surface area contributed by atoms with Crippen LogP contribution in [0.1, 0.15) is 55.6 Å². The SMILES string of the molecule is N#Cc1c(C#N)c(-n2c3ccccc3c3cc4c(cc32)C(c2ccccc2)(c2ccccc2)c2ccccc2-4)c(-n2c3ccccc3c3ccccc32)c(-n2c3ccccc3c3ccccc32)c1-n1c2ccccc2c2cc3c(cc21)C(c1ccccc1)(c1ccccc1)c1ccccc1-3. The molecule has 462 valence electrons. The van der Waals surface area contributed by atoms with E-state index in [2.05, 4.69) is 370 Å². The Bertz CT molecular complexity index is 6190. The third kappa shape index (κ3) is 7.17. The largest absolute Gasteiger partial charge is 0.306 e. The van der Waals surface area contributed by atoms with E-state index in [0.29, 0.717) is 11.4 Å². The van der Waals surface area contributed by atoms with Crippen molar-refractivity contribution in [2.24, 2.45) is 0 Å². The lowest BCUT2D eigenvalue weighted by atomic mass is 9.67. The van der Waals surface area contributed by atoms with Gasteiger partial charge in [-0.3, -0.25) is 0 Å². The highest BCUT2D eigenvalue weighted by atomic mass is 15.1. The van der Waals surface area contributed by atoms with Gasteiger partial charge in [-0.15, -0.1) is 0 Å². The van der Waals surface area contributed by atoms with Crippen molar-refractivity contribution in [2.75, 3.05) is 0 Å². The molecule has 2 aliphatic carbocycles. The molecule has 4 heterocycles. The monoisotopic (exact) mass is 1270 g/mol. The molecule has 0 radical (unpaired) electrons. The normalized spacial score (nSPS) is 13.3. The summed E-state index contributed by atoms with van der Waals surface area (Å²) in [6, 6.07) is 129. The van der Waals surface area contributed by atoms with Crippen molar-refractivity contribution < 1.29 is 0 Å². The summed E-state index contributed by atoms with van der Waals surface area (Å²) in [7, 11) is 0. The van der Waals surface area contributed by atoms with Crippen LogP contribution in [0.3, 0.4) is 0 Å².